The number of carbonyl (C=O) groups excluding carboxylic acids is 1. The van der Waals surface area contributed by atoms with Crippen LogP contribution in [0.25, 0.3) is 0 Å². The fourth-order valence-electron chi connectivity index (χ4n) is 2.59. The molecule has 2 unspecified atom stereocenters. The molecule has 1 fully saturated rings. The van der Waals surface area contributed by atoms with Gasteiger partial charge < -0.3 is 10.2 Å². The molecule has 2 rings (SSSR count). The van der Waals surface area contributed by atoms with Crippen LogP contribution in [0.4, 0.5) is 5.69 Å². The molecule has 0 saturated carbocycles. The van der Waals surface area contributed by atoms with E-state index in [4.69, 9.17) is 0 Å². The van der Waals surface area contributed by atoms with E-state index in [9.17, 15) is 4.79 Å². The van der Waals surface area contributed by atoms with Crippen LogP contribution in [0.5, 0.6) is 0 Å². The first-order valence-electron chi connectivity index (χ1n) is 6.22. The van der Waals surface area contributed by atoms with Gasteiger partial charge in [0.15, 0.2) is 0 Å². The SMILES string of the molecule is CC(=O)NC1CC(C)CN(c2ccccc2)C1. The molecule has 0 aromatic heterocycles. The second-order valence-corrected chi connectivity index (χ2v) is 4.98. The summed E-state index contributed by atoms with van der Waals surface area (Å²) in [6, 6.07) is 10.7. The van der Waals surface area contributed by atoms with Crippen molar-refractivity contribution in [2.24, 2.45) is 5.92 Å². The minimum absolute atomic E-state index is 0.0668. The number of para-hydroxylation sites is 1. The summed E-state index contributed by atoms with van der Waals surface area (Å²) in [4.78, 5) is 13.5. The van der Waals surface area contributed by atoms with Gasteiger partial charge >= 0.3 is 0 Å². The zero-order valence-electron chi connectivity index (χ0n) is 10.5. The Morgan fingerprint density at radius 2 is 2.00 bits per heavy atom. The lowest BCUT2D eigenvalue weighted by Crippen LogP contribution is -2.50. The van der Waals surface area contributed by atoms with E-state index in [0.29, 0.717) is 5.92 Å². The van der Waals surface area contributed by atoms with Crippen LogP contribution >= 0.6 is 0 Å². The van der Waals surface area contributed by atoms with Crippen molar-refractivity contribution in [3.63, 3.8) is 0 Å². The third-order valence-corrected chi connectivity index (χ3v) is 3.19. The Labute approximate surface area is 103 Å². The van der Waals surface area contributed by atoms with Crippen molar-refractivity contribution >= 4 is 11.6 Å². The smallest absolute Gasteiger partial charge is 0.217 e. The van der Waals surface area contributed by atoms with Crippen LogP contribution in [0.3, 0.4) is 0 Å². The second kappa shape index (κ2) is 5.21. The van der Waals surface area contributed by atoms with Crippen LogP contribution in [0, 0.1) is 5.92 Å². The molecule has 1 heterocycles. The maximum atomic E-state index is 11.1. The van der Waals surface area contributed by atoms with Crippen LogP contribution in [0.1, 0.15) is 20.3 Å². The second-order valence-electron chi connectivity index (χ2n) is 4.98. The minimum atomic E-state index is 0.0668. The van der Waals surface area contributed by atoms with Gasteiger partial charge in [0, 0.05) is 31.7 Å². The van der Waals surface area contributed by atoms with Crippen molar-refractivity contribution < 1.29 is 4.79 Å². The molecule has 0 bridgehead atoms. The van der Waals surface area contributed by atoms with Gasteiger partial charge in [0.2, 0.25) is 5.91 Å². The fourth-order valence-corrected chi connectivity index (χ4v) is 2.59. The van der Waals surface area contributed by atoms with E-state index in [0.717, 1.165) is 19.5 Å². The van der Waals surface area contributed by atoms with Crippen molar-refractivity contribution in [3.8, 4) is 0 Å². The highest BCUT2D eigenvalue weighted by Gasteiger charge is 2.25. The Morgan fingerprint density at radius 3 is 2.65 bits per heavy atom. The van der Waals surface area contributed by atoms with Gasteiger partial charge in [-0.05, 0) is 24.5 Å². The van der Waals surface area contributed by atoms with Gasteiger partial charge in [0.1, 0.15) is 0 Å². The number of benzene rings is 1. The highest BCUT2D eigenvalue weighted by molar-refractivity contribution is 5.73. The lowest BCUT2D eigenvalue weighted by molar-refractivity contribution is -0.119. The normalized spacial score (nSPS) is 24.5. The molecule has 2 atom stereocenters. The van der Waals surface area contributed by atoms with Gasteiger partial charge in [-0.1, -0.05) is 25.1 Å². The Morgan fingerprint density at radius 1 is 1.29 bits per heavy atom. The van der Waals surface area contributed by atoms with E-state index >= 15 is 0 Å². The van der Waals surface area contributed by atoms with Crippen LogP contribution in [-0.2, 0) is 4.79 Å². The summed E-state index contributed by atoms with van der Waals surface area (Å²) < 4.78 is 0. The van der Waals surface area contributed by atoms with E-state index in [-0.39, 0.29) is 11.9 Å². The zero-order valence-corrected chi connectivity index (χ0v) is 10.5. The maximum Gasteiger partial charge on any atom is 0.217 e. The summed E-state index contributed by atoms with van der Waals surface area (Å²) in [6.07, 6.45) is 1.07. The van der Waals surface area contributed by atoms with Crippen LogP contribution in [0.2, 0.25) is 0 Å². The first kappa shape index (κ1) is 12.0. The Bertz CT molecular complexity index is 377. The molecule has 1 aliphatic rings. The average Bonchev–Trinajstić information content (AvgIpc) is 2.28. The third-order valence-electron chi connectivity index (χ3n) is 3.19. The van der Waals surface area contributed by atoms with Crippen molar-refractivity contribution in [2.45, 2.75) is 26.3 Å². The number of piperidine rings is 1. The Kier molecular flexibility index (Phi) is 3.67. The predicted octanol–water partition coefficient (Wildman–Crippen LogP) is 2.04. The molecule has 1 N–H and O–H groups in total. The predicted molar refractivity (Wildman–Crippen MR) is 70.0 cm³/mol. The number of hydrogen-bond acceptors (Lipinski definition) is 2. The van der Waals surface area contributed by atoms with E-state index in [1.165, 1.54) is 5.69 Å². The summed E-state index contributed by atoms with van der Waals surface area (Å²) in [5, 5.41) is 3.03. The molecule has 1 aromatic rings. The number of carbonyl (C=O) groups is 1. The van der Waals surface area contributed by atoms with Crippen LogP contribution in [-0.4, -0.2) is 25.0 Å². The molecule has 1 amide bonds. The number of rotatable bonds is 2. The molecule has 17 heavy (non-hydrogen) atoms. The summed E-state index contributed by atoms with van der Waals surface area (Å²) in [7, 11) is 0. The van der Waals surface area contributed by atoms with E-state index in [1.54, 1.807) is 6.92 Å². The summed E-state index contributed by atoms with van der Waals surface area (Å²) in [5.74, 6) is 0.679. The molecule has 0 radical (unpaired) electrons. The molecule has 0 spiro atoms. The monoisotopic (exact) mass is 232 g/mol. The molecular formula is C14H20N2O. The highest BCUT2D eigenvalue weighted by Crippen LogP contribution is 2.22. The molecule has 1 aliphatic heterocycles. The number of hydrogen-bond donors (Lipinski definition) is 1. The average molecular weight is 232 g/mol. The Balaban J connectivity index is 2.06. The van der Waals surface area contributed by atoms with Gasteiger partial charge in [0.25, 0.3) is 0 Å². The molecular weight excluding hydrogens is 212 g/mol. The minimum Gasteiger partial charge on any atom is -0.369 e. The van der Waals surface area contributed by atoms with Gasteiger partial charge in [-0.25, -0.2) is 0 Å². The third kappa shape index (κ3) is 3.22. The fraction of sp³-hybridized carbons (Fsp3) is 0.500. The van der Waals surface area contributed by atoms with Crippen LogP contribution in [0.15, 0.2) is 30.3 Å². The summed E-state index contributed by atoms with van der Waals surface area (Å²) in [5.41, 5.74) is 1.24. The van der Waals surface area contributed by atoms with Gasteiger partial charge in [-0.3, -0.25) is 4.79 Å². The molecule has 0 aliphatic carbocycles. The maximum absolute atomic E-state index is 11.1. The van der Waals surface area contributed by atoms with Crippen LogP contribution < -0.4 is 10.2 Å². The van der Waals surface area contributed by atoms with Gasteiger partial charge in [-0.2, -0.15) is 0 Å². The van der Waals surface area contributed by atoms with Gasteiger partial charge in [0.05, 0.1) is 0 Å². The highest BCUT2D eigenvalue weighted by atomic mass is 16.1. The number of nitrogens with zero attached hydrogens (tertiary/aromatic N) is 1. The summed E-state index contributed by atoms with van der Waals surface area (Å²) >= 11 is 0. The van der Waals surface area contributed by atoms with Crippen molar-refractivity contribution in [3.05, 3.63) is 30.3 Å². The first-order chi connectivity index (χ1) is 8.15. The lowest BCUT2D eigenvalue weighted by atomic mass is 9.95. The number of amides is 1. The topological polar surface area (TPSA) is 32.3 Å². The molecule has 3 heteroatoms. The van der Waals surface area contributed by atoms with E-state index < -0.39 is 0 Å². The molecule has 92 valence electrons. The zero-order chi connectivity index (χ0) is 12.3. The van der Waals surface area contributed by atoms with E-state index in [2.05, 4.69) is 41.4 Å². The van der Waals surface area contributed by atoms with Crippen molar-refractivity contribution in [1.29, 1.82) is 0 Å². The summed E-state index contributed by atoms with van der Waals surface area (Å²) in [6.45, 7) is 5.81. The molecule has 1 aromatic carbocycles. The number of nitrogens with one attached hydrogen (secondary N) is 1. The van der Waals surface area contributed by atoms with Crippen molar-refractivity contribution in [1.82, 2.24) is 5.32 Å². The van der Waals surface area contributed by atoms with Gasteiger partial charge in [-0.15, -0.1) is 0 Å². The number of anilines is 1. The Hall–Kier alpha value is -1.51. The quantitative estimate of drug-likeness (QED) is 0.846. The lowest BCUT2D eigenvalue weighted by Gasteiger charge is -2.38. The van der Waals surface area contributed by atoms with Crippen molar-refractivity contribution in [2.75, 3.05) is 18.0 Å². The first-order valence-corrected chi connectivity index (χ1v) is 6.22. The molecule has 3 nitrogen and oxygen atoms in total. The molecule has 1 saturated heterocycles. The largest absolute Gasteiger partial charge is 0.369 e. The standard InChI is InChI=1S/C14H20N2O/c1-11-8-13(15-12(2)17)10-16(9-11)14-6-4-3-5-7-14/h3-7,11,13H,8-10H2,1-2H3,(H,15,17). The van der Waals surface area contributed by atoms with E-state index in [1.807, 2.05) is 6.07 Å².